The number of aliphatic hydroxyl groups is 1. The summed E-state index contributed by atoms with van der Waals surface area (Å²) in [6, 6.07) is 9.74. The maximum absolute atomic E-state index is 13.7. The molecule has 4 rings (SSSR count). The number of urea groups is 1. The monoisotopic (exact) mass is 557 g/mol. The van der Waals surface area contributed by atoms with Crippen molar-refractivity contribution < 1.29 is 27.4 Å². The van der Waals surface area contributed by atoms with Crippen LogP contribution in [0.5, 0.6) is 5.75 Å². The van der Waals surface area contributed by atoms with Crippen LogP contribution in [0.25, 0.3) is 0 Å². The number of sulfonamides is 1. The number of hydrogen-bond donors (Lipinski definition) is 2. The smallest absolute Gasteiger partial charge is 0.317 e. The number of nitrogens with zero attached hydrogens (tertiary/aromatic N) is 2. The molecular weight excluding hydrogens is 521 g/mol. The Morgan fingerprint density at radius 3 is 2.49 bits per heavy atom. The Morgan fingerprint density at radius 2 is 1.82 bits per heavy atom. The van der Waals surface area contributed by atoms with Crippen LogP contribution in [0.1, 0.15) is 50.7 Å². The zero-order chi connectivity index (χ0) is 28.2. The van der Waals surface area contributed by atoms with Crippen LogP contribution in [0.3, 0.4) is 0 Å². The van der Waals surface area contributed by atoms with Gasteiger partial charge >= 0.3 is 6.03 Å². The first kappa shape index (κ1) is 28.9. The molecule has 2 aromatic carbocycles. The van der Waals surface area contributed by atoms with Gasteiger partial charge in [0.25, 0.3) is 0 Å². The molecule has 0 bridgehead atoms. The van der Waals surface area contributed by atoms with E-state index in [2.05, 4.69) is 17.2 Å². The van der Waals surface area contributed by atoms with Gasteiger partial charge in [0.05, 0.1) is 13.2 Å². The Kier molecular flexibility index (Phi) is 9.15. The number of ether oxygens (including phenoxy) is 1. The van der Waals surface area contributed by atoms with Crippen molar-refractivity contribution in [3.63, 3.8) is 0 Å². The summed E-state index contributed by atoms with van der Waals surface area (Å²) in [7, 11) is -2.29. The van der Waals surface area contributed by atoms with Crippen LogP contribution in [-0.2, 0) is 10.0 Å². The summed E-state index contributed by atoms with van der Waals surface area (Å²) in [4.78, 5) is 14.4. The highest BCUT2D eigenvalue weighted by Crippen LogP contribution is 2.34. The van der Waals surface area contributed by atoms with Gasteiger partial charge in [-0.1, -0.05) is 31.6 Å². The Morgan fingerprint density at radius 1 is 1.18 bits per heavy atom. The van der Waals surface area contributed by atoms with E-state index in [4.69, 9.17) is 4.74 Å². The van der Waals surface area contributed by atoms with Gasteiger partial charge in [0.2, 0.25) is 10.0 Å². The lowest BCUT2D eigenvalue weighted by Crippen LogP contribution is -2.51. The molecular formula is C29H36FN3O5S. The molecule has 1 heterocycles. The molecule has 210 valence electrons. The SMILES string of the molecule is C[C@@H]1CN([C@H](C)CO)S(=O)(=O)c2ccc(C#Cc3ccc(F)cc3)cc2O[C@H]1CN(C)C(=O)NC1CCCC1. The van der Waals surface area contributed by atoms with E-state index < -0.39 is 22.2 Å². The van der Waals surface area contributed by atoms with Crippen molar-refractivity contribution in [2.24, 2.45) is 5.92 Å². The number of fused-ring (bicyclic) bond motifs is 1. The lowest BCUT2D eigenvalue weighted by atomic mass is 10.0. The number of aliphatic hydroxyl groups excluding tert-OH is 1. The van der Waals surface area contributed by atoms with Crippen LogP contribution in [0, 0.1) is 23.6 Å². The number of carbonyl (C=O) groups excluding carboxylic acids is 1. The van der Waals surface area contributed by atoms with E-state index in [1.165, 1.54) is 22.5 Å². The molecule has 1 saturated carbocycles. The Labute approximate surface area is 230 Å². The van der Waals surface area contributed by atoms with Crippen LogP contribution in [0.15, 0.2) is 47.4 Å². The van der Waals surface area contributed by atoms with Gasteiger partial charge in [0.1, 0.15) is 22.6 Å². The third kappa shape index (κ3) is 6.90. The number of rotatable bonds is 5. The molecule has 2 aromatic rings. The lowest BCUT2D eigenvalue weighted by molar-refractivity contribution is 0.0808. The maximum atomic E-state index is 13.7. The zero-order valence-electron chi connectivity index (χ0n) is 22.6. The third-order valence-electron chi connectivity index (χ3n) is 7.35. The van der Waals surface area contributed by atoms with E-state index in [0.717, 1.165) is 25.7 Å². The van der Waals surface area contributed by atoms with E-state index in [1.54, 1.807) is 43.1 Å². The highest BCUT2D eigenvalue weighted by molar-refractivity contribution is 7.89. The second kappa shape index (κ2) is 12.4. The molecule has 1 aliphatic heterocycles. The van der Waals surface area contributed by atoms with Crippen LogP contribution in [0.4, 0.5) is 9.18 Å². The van der Waals surface area contributed by atoms with Gasteiger partial charge in [-0.15, -0.1) is 0 Å². The molecule has 1 fully saturated rings. The number of hydrogen-bond acceptors (Lipinski definition) is 5. The van der Waals surface area contributed by atoms with E-state index >= 15 is 0 Å². The molecule has 2 amide bonds. The Balaban J connectivity index is 1.66. The summed E-state index contributed by atoms with van der Waals surface area (Å²) >= 11 is 0. The van der Waals surface area contributed by atoms with Crippen molar-refractivity contribution in [3.05, 3.63) is 59.4 Å². The van der Waals surface area contributed by atoms with Crippen LogP contribution in [0.2, 0.25) is 0 Å². The highest BCUT2D eigenvalue weighted by Gasteiger charge is 2.38. The average Bonchev–Trinajstić information content (AvgIpc) is 3.42. The number of halogens is 1. The molecule has 3 atom stereocenters. The van der Waals surface area contributed by atoms with Gasteiger partial charge in [0, 0.05) is 42.7 Å². The highest BCUT2D eigenvalue weighted by atomic mass is 32.2. The number of amides is 2. The first-order valence-corrected chi connectivity index (χ1v) is 14.7. The predicted molar refractivity (Wildman–Crippen MR) is 146 cm³/mol. The van der Waals surface area contributed by atoms with E-state index in [1.807, 2.05) is 6.92 Å². The molecule has 0 unspecified atom stereocenters. The summed E-state index contributed by atoms with van der Waals surface area (Å²) in [6.07, 6.45) is 3.63. The minimum atomic E-state index is -3.99. The summed E-state index contributed by atoms with van der Waals surface area (Å²) in [5.41, 5.74) is 1.13. The van der Waals surface area contributed by atoms with Gasteiger partial charge in [-0.25, -0.2) is 17.6 Å². The molecule has 8 nitrogen and oxygen atoms in total. The quantitative estimate of drug-likeness (QED) is 0.548. The molecule has 0 saturated heterocycles. The Hall–Kier alpha value is -3.13. The fourth-order valence-corrected chi connectivity index (χ4v) is 6.73. The van der Waals surface area contributed by atoms with Crippen LogP contribution < -0.4 is 10.1 Å². The number of carbonyl (C=O) groups is 1. The standard InChI is InChI=1S/C29H36FN3O5S/c1-20-17-33(21(2)19-34)39(36,37)28-15-12-23(9-8-22-10-13-24(30)14-11-22)16-26(28)38-27(20)18-32(3)29(35)31-25-6-4-5-7-25/h10-16,20-21,25,27,34H,4-7,17-19H2,1-3H3,(H,31,35)/t20-,21-,27+/m1/s1. The second-order valence-corrected chi connectivity index (χ2v) is 12.3. The molecule has 2 aliphatic rings. The molecule has 39 heavy (non-hydrogen) atoms. The van der Waals surface area contributed by atoms with Crippen molar-refractivity contribution in [1.82, 2.24) is 14.5 Å². The fourth-order valence-electron chi connectivity index (χ4n) is 4.91. The van der Waals surface area contributed by atoms with Crippen molar-refractivity contribution in [2.75, 3.05) is 26.7 Å². The topological polar surface area (TPSA) is 99.2 Å². The summed E-state index contributed by atoms with van der Waals surface area (Å²) in [5.74, 6) is 5.43. The fraction of sp³-hybridized carbons (Fsp3) is 0.483. The zero-order valence-corrected chi connectivity index (χ0v) is 23.4. The molecule has 0 aromatic heterocycles. The van der Waals surface area contributed by atoms with E-state index in [9.17, 15) is 22.7 Å². The summed E-state index contributed by atoms with van der Waals surface area (Å²) < 4.78 is 48.2. The number of benzene rings is 2. The van der Waals surface area contributed by atoms with Gasteiger partial charge in [-0.3, -0.25) is 0 Å². The third-order valence-corrected chi connectivity index (χ3v) is 9.37. The lowest BCUT2D eigenvalue weighted by Gasteiger charge is -2.37. The van der Waals surface area contributed by atoms with Gasteiger partial charge in [-0.05, 0) is 62.2 Å². The second-order valence-electron chi connectivity index (χ2n) is 10.5. The van der Waals surface area contributed by atoms with Gasteiger partial charge < -0.3 is 20.1 Å². The van der Waals surface area contributed by atoms with Gasteiger partial charge in [0.15, 0.2) is 0 Å². The predicted octanol–water partition coefficient (Wildman–Crippen LogP) is 3.58. The molecule has 10 heteroatoms. The van der Waals surface area contributed by atoms with E-state index in [0.29, 0.717) is 11.1 Å². The average molecular weight is 558 g/mol. The first-order chi connectivity index (χ1) is 18.6. The van der Waals surface area contributed by atoms with Crippen molar-refractivity contribution in [2.45, 2.75) is 62.6 Å². The maximum Gasteiger partial charge on any atom is 0.317 e. The van der Waals surface area contributed by atoms with Gasteiger partial charge in [-0.2, -0.15) is 4.31 Å². The van der Waals surface area contributed by atoms with Crippen LogP contribution in [-0.4, -0.2) is 73.7 Å². The summed E-state index contributed by atoms with van der Waals surface area (Å²) in [5, 5.41) is 12.9. The largest absolute Gasteiger partial charge is 0.487 e. The normalized spacial score (nSPS) is 21.9. The minimum Gasteiger partial charge on any atom is -0.487 e. The molecule has 0 spiro atoms. The number of likely N-dealkylation sites (N-methyl/N-ethyl adjacent to an activating group) is 1. The Bertz CT molecular complexity index is 1330. The molecule has 2 N–H and O–H groups in total. The van der Waals surface area contributed by atoms with Crippen LogP contribution >= 0.6 is 0 Å². The van der Waals surface area contributed by atoms with Crippen molar-refractivity contribution >= 4 is 16.1 Å². The molecule has 0 radical (unpaired) electrons. The van der Waals surface area contributed by atoms with E-state index in [-0.39, 0.29) is 54.1 Å². The molecule has 1 aliphatic carbocycles. The van der Waals surface area contributed by atoms with Crippen molar-refractivity contribution in [1.29, 1.82) is 0 Å². The van der Waals surface area contributed by atoms with Crippen molar-refractivity contribution in [3.8, 4) is 17.6 Å². The number of nitrogens with one attached hydrogen (secondary N) is 1. The minimum absolute atomic E-state index is 0.0231. The summed E-state index contributed by atoms with van der Waals surface area (Å²) in [6.45, 7) is 3.57. The first-order valence-electron chi connectivity index (χ1n) is 13.3.